The molecule has 1 unspecified atom stereocenters. The van der Waals surface area contributed by atoms with Crippen molar-refractivity contribution in [2.45, 2.75) is 18.9 Å². The first-order valence-electron chi connectivity index (χ1n) is 8.38. The number of aromatic nitrogens is 3. The maximum absolute atomic E-state index is 12.4. The second kappa shape index (κ2) is 6.95. The van der Waals surface area contributed by atoms with E-state index in [1.54, 1.807) is 24.4 Å². The largest absolute Gasteiger partial charge is 0.496 e. The van der Waals surface area contributed by atoms with Crippen LogP contribution in [0.4, 0.5) is 0 Å². The van der Waals surface area contributed by atoms with Gasteiger partial charge in [-0.05, 0) is 18.2 Å². The standard InChI is InChI=1S/C19H18N4O3/c1-25-16-7-3-2-5-14(16)11-23-12-15(9-17(23)24)19-21-18(22-26-19)13-6-4-8-20-10-13/h2-8,10,15H,9,11-12H2,1H3. The molecule has 7 heteroatoms. The van der Waals surface area contributed by atoms with Crippen molar-refractivity contribution in [3.8, 4) is 17.1 Å². The third-order valence-electron chi connectivity index (χ3n) is 4.48. The van der Waals surface area contributed by atoms with Gasteiger partial charge in [0.1, 0.15) is 5.75 Å². The zero-order valence-corrected chi connectivity index (χ0v) is 14.3. The summed E-state index contributed by atoms with van der Waals surface area (Å²) in [6.07, 6.45) is 3.74. The van der Waals surface area contributed by atoms with E-state index in [9.17, 15) is 4.79 Å². The fraction of sp³-hybridized carbons (Fsp3) is 0.263. The van der Waals surface area contributed by atoms with Crippen molar-refractivity contribution < 1.29 is 14.1 Å². The molecule has 1 aromatic carbocycles. The molecule has 2 aromatic heterocycles. The maximum Gasteiger partial charge on any atom is 0.232 e. The van der Waals surface area contributed by atoms with Crippen LogP contribution < -0.4 is 4.74 Å². The Morgan fingerprint density at radius 1 is 1.27 bits per heavy atom. The lowest BCUT2D eigenvalue weighted by Crippen LogP contribution is -2.24. The van der Waals surface area contributed by atoms with Gasteiger partial charge in [0.2, 0.25) is 17.6 Å². The number of likely N-dealkylation sites (tertiary alicyclic amines) is 1. The molecule has 7 nitrogen and oxygen atoms in total. The number of nitrogens with zero attached hydrogens (tertiary/aromatic N) is 4. The second-order valence-corrected chi connectivity index (χ2v) is 6.19. The number of carbonyl (C=O) groups excluding carboxylic acids is 1. The van der Waals surface area contributed by atoms with Crippen molar-refractivity contribution in [1.82, 2.24) is 20.0 Å². The van der Waals surface area contributed by atoms with Gasteiger partial charge in [-0.2, -0.15) is 4.98 Å². The Labute approximate surface area is 150 Å². The van der Waals surface area contributed by atoms with Gasteiger partial charge in [-0.15, -0.1) is 0 Å². The minimum atomic E-state index is -0.102. The van der Waals surface area contributed by atoms with Gasteiger partial charge >= 0.3 is 0 Å². The van der Waals surface area contributed by atoms with Gasteiger partial charge in [-0.1, -0.05) is 23.4 Å². The van der Waals surface area contributed by atoms with Gasteiger partial charge in [-0.25, -0.2) is 0 Å². The lowest BCUT2D eigenvalue weighted by atomic mass is 10.1. The molecule has 0 bridgehead atoms. The summed E-state index contributed by atoms with van der Waals surface area (Å²) in [4.78, 5) is 22.7. The van der Waals surface area contributed by atoms with E-state index in [0.29, 0.717) is 31.2 Å². The highest BCUT2D eigenvalue weighted by molar-refractivity contribution is 5.79. The van der Waals surface area contributed by atoms with Crippen LogP contribution in [-0.4, -0.2) is 39.6 Å². The van der Waals surface area contributed by atoms with E-state index in [-0.39, 0.29) is 11.8 Å². The average molecular weight is 350 g/mol. The summed E-state index contributed by atoms with van der Waals surface area (Å²) >= 11 is 0. The maximum atomic E-state index is 12.4. The van der Waals surface area contributed by atoms with E-state index in [2.05, 4.69) is 15.1 Å². The molecular formula is C19H18N4O3. The van der Waals surface area contributed by atoms with Crippen LogP contribution in [0.25, 0.3) is 11.4 Å². The van der Waals surface area contributed by atoms with Crippen molar-refractivity contribution >= 4 is 5.91 Å². The van der Waals surface area contributed by atoms with Crippen LogP contribution in [0.15, 0.2) is 53.3 Å². The van der Waals surface area contributed by atoms with Gasteiger partial charge in [-0.3, -0.25) is 9.78 Å². The van der Waals surface area contributed by atoms with Crippen LogP contribution in [0.2, 0.25) is 0 Å². The van der Waals surface area contributed by atoms with Crippen LogP contribution in [0.5, 0.6) is 5.75 Å². The Balaban J connectivity index is 1.49. The summed E-state index contributed by atoms with van der Waals surface area (Å²) < 4.78 is 10.8. The topological polar surface area (TPSA) is 81.3 Å². The molecule has 26 heavy (non-hydrogen) atoms. The Bertz CT molecular complexity index is 910. The molecule has 3 heterocycles. The molecule has 4 rings (SSSR count). The fourth-order valence-electron chi connectivity index (χ4n) is 3.14. The number of benzene rings is 1. The first-order valence-corrected chi connectivity index (χ1v) is 8.38. The van der Waals surface area contributed by atoms with Gasteiger partial charge in [0, 0.05) is 43.0 Å². The molecule has 1 amide bonds. The number of methoxy groups -OCH3 is 1. The van der Waals surface area contributed by atoms with Crippen LogP contribution >= 0.6 is 0 Å². The van der Waals surface area contributed by atoms with Crippen molar-refractivity contribution in [2.24, 2.45) is 0 Å². The van der Waals surface area contributed by atoms with E-state index < -0.39 is 0 Å². The number of para-hydroxylation sites is 1. The fourth-order valence-corrected chi connectivity index (χ4v) is 3.14. The first kappa shape index (κ1) is 16.3. The van der Waals surface area contributed by atoms with Crippen LogP contribution in [0.1, 0.15) is 23.8 Å². The first-order chi connectivity index (χ1) is 12.7. The zero-order valence-electron chi connectivity index (χ0n) is 14.3. The van der Waals surface area contributed by atoms with Crippen molar-refractivity contribution in [1.29, 1.82) is 0 Å². The SMILES string of the molecule is COc1ccccc1CN1CC(c2nc(-c3cccnc3)no2)CC1=O. The van der Waals surface area contributed by atoms with Crippen LogP contribution in [0, 0.1) is 0 Å². The van der Waals surface area contributed by atoms with E-state index in [4.69, 9.17) is 9.26 Å². The predicted molar refractivity (Wildman–Crippen MR) is 93.3 cm³/mol. The molecule has 0 N–H and O–H groups in total. The van der Waals surface area contributed by atoms with Gasteiger partial charge in [0.05, 0.1) is 13.0 Å². The van der Waals surface area contributed by atoms with Crippen molar-refractivity contribution in [2.75, 3.05) is 13.7 Å². The molecule has 3 aromatic rings. The monoisotopic (exact) mass is 350 g/mol. The van der Waals surface area contributed by atoms with E-state index >= 15 is 0 Å². The molecule has 1 aliphatic heterocycles. The van der Waals surface area contributed by atoms with Gasteiger partial charge in [0.15, 0.2) is 0 Å². The summed E-state index contributed by atoms with van der Waals surface area (Å²) in [6.45, 7) is 1.05. The molecule has 0 spiro atoms. The minimum absolute atomic E-state index is 0.0713. The van der Waals surface area contributed by atoms with Crippen LogP contribution in [-0.2, 0) is 11.3 Å². The third-order valence-corrected chi connectivity index (χ3v) is 4.48. The van der Waals surface area contributed by atoms with Crippen molar-refractivity contribution in [3.05, 3.63) is 60.2 Å². The Morgan fingerprint density at radius 2 is 2.15 bits per heavy atom. The number of hydrogen-bond donors (Lipinski definition) is 0. The number of ether oxygens (including phenoxy) is 1. The summed E-state index contributed by atoms with van der Waals surface area (Å²) in [7, 11) is 1.63. The highest BCUT2D eigenvalue weighted by atomic mass is 16.5. The number of amides is 1. The predicted octanol–water partition coefficient (Wildman–Crippen LogP) is 2.66. The molecule has 1 aliphatic rings. The molecule has 1 fully saturated rings. The summed E-state index contributed by atoms with van der Waals surface area (Å²) in [5.74, 6) is 1.72. The molecular weight excluding hydrogens is 332 g/mol. The normalized spacial score (nSPS) is 16.9. The number of rotatable bonds is 5. The molecule has 0 saturated carbocycles. The highest BCUT2D eigenvalue weighted by Crippen LogP contribution is 2.30. The number of pyridine rings is 1. The zero-order chi connectivity index (χ0) is 17.9. The Morgan fingerprint density at radius 3 is 2.96 bits per heavy atom. The summed E-state index contributed by atoms with van der Waals surface area (Å²) in [6, 6.07) is 11.4. The van der Waals surface area contributed by atoms with E-state index in [1.165, 1.54) is 0 Å². The van der Waals surface area contributed by atoms with E-state index in [1.807, 2.05) is 36.4 Å². The molecule has 1 atom stereocenters. The molecule has 0 aliphatic carbocycles. The second-order valence-electron chi connectivity index (χ2n) is 6.19. The Hall–Kier alpha value is -3.22. The minimum Gasteiger partial charge on any atom is -0.496 e. The number of carbonyl (C=O) groups is 1. The smallest absolute Gasteiger partial charge is 0.232 e. The summed E-state index contributed by atoms with van der Waals surface area (Å²) in [5.41, 5.74) is 1.77. The molecule has 0 radical (unpaired) electrons. The highest BCUT2D eigenvalue weighted by Gasteiger charge is 2.34. The number of hydrogen-bond acceptors (Lipinski definition) is 6. The van der Waals surface area contributed by atoms with E-state index in [0.717, 1.165) is 16.9 Å². The average Bonchev–Trinajstić information content (AvgIpc) is 3.30. The summed E-state index contributed by atoms with van der Waals surface area (Å²) in [5, 5.41) is 4.02. The molecule has 132 valence electrons. The third kappa shape index (κ3) is 3.15. The quantitative estimate of drug-likeness (QED) is 0.704. The van der Waals surface area contributed by atoms with Gasteiger partial charge in [0.25, 0.3) is 0 Å². The van der Waals surface area contributed by atoms with Gasteiger partial charge < -0.3 is 14.2 Å². The van der Waals surface area contributed by atoms with Crippen LogP contribution in [0.3, 0.4) is 0 Å². The lowest BCUT2D eigenvalue weighted by molar-refractivity contribution is -0.128. The Kier molecular flexibility index (Phi) is 4.35. The molecule has 1 saturated heterocycles. The van der Waals surface area contributed by atoms with Crippen molar-refractivity contribution in [3.63, 3.8) is 0 Å². The lowest BCUT2D eigenvalue weighted by Gasteiger charge is -2.17.